The van der Waals surface area contributed by atoms with E-state index < -0.39 is 0 Å². The number of methoxy groups -OCH3 is 2. The zero-order valence-corrected chi connectivity index (χ0v) is 22.6. The van der Waals surface area contributed by atoms with Crippen LogP contribution in [0, 0.1) is 5.92 Å². The van der Waals surface area contributed by atoms with Crippen molar-refractivity contribution >= 4 is 35.6 Å². The predicted octanol–water partition coefficient (Wildman–Crippen LogP) is 3.43. The fourth-order valence-corrected chi connectivity index (χ4v) is 3.88. The van der Waals surface area contributed by atoms with Crippen LogP contribution in [0.15, 0.2) is 23.2 Å². The number of rotatable bonds is 9. The average Bonchev–Trinajstić information content (AvgIpc) is 2.75. The number of anilines is 1. The van der Waals surface area contributed by atoms with Crippen LogP contribution in [0.2, 0.25) is 0 Å². The Hall–Kier alpha value is -1.42. The van der Waals surface area contributed by atoms with Crippen LogP contribution in [0.4, 0.5) is 5.69 Å². The Kier molecular flexibility index (Phi) is 12.4. The summed E-state index contributed by atoms with van der Waals surface area (Å²) in [5.41, 5.74) is 1.15. The van der Waals surface area contributed by atoms with Gasteiger partial charge in [-0.2, -0.15) is 0 Å². The van der Waals surface area contributed by atoms with Gasteiger partial charge in [0.2, 0.25) is 0 Å². The molecule has 1 aromatic rings. The Bertz CT molecular complexity index is 654. The first-order valence-electron chi connectivity index (χ1n) is 11.0. The zero-order chi connectivity index (χ0) is 22.1. The number of aliphatic imine (C=N–C) groups is 1. The highest BCUT2D eigenvalue weighted by Crippen LogP contribution is 2.30. The van der Waals surface area contributed by atoms with Crippen LogP contribution in [-0.2, 0) is 0 Å². The number of hydrogen-bond donors (Lipinski definition) is 2. The highest BCUT2D eigenvalue weighted by molar-refractivity contribution is 14.0. The first kappa shape index (κ1) is 27.6. The highest BCUT2D eigenvalue weighted by Gasteiger charge is 2.22. The van der Waals surface area contributed by atoms with E-state index in [1.54, 1.807) is 14.2 Å². The number of benzene rings is 1. The SMILES string of the molecule is CN=C(NCC(CC(C)C)N(C)C)NC1CCN(c2cc(OC)cc(OC)c2)CC1.I. The van der Waals surface area contributed by atoms with E-state index >= 15 is 0 Å². The molecule has 2 rings (SSSR count). The van der Waals surface area contributed by atoms with Gasteiger partial charge < -0.3 is 29.9 Å². The Morgan fingerprint density at radius 1 is 1.13 bits per heavy atom. The summed E-state index contributed by atoms with van der Waals surface area (Å²) in [5, 5.41) is 7.14. The molecule has 0 aliphatic carbocycles. The topological polar surface area (TPSA) is 61.4 Å². The lowest BCUT2D eigenvalue weighted by Gasteiger charge is -2.35. The Balaban J connectivity index is 0.00000480. The van der Waals surface area contributed by atoms with Crippen LogP contribution in [0.5, 0.6) is 11.5 Å². The van der Waals surface area contributed by atoms with Crippen molar-refractivity contribution in [2.45, 2.75) is 45.2 Å². The molecule has 1 saturated heterocycles. The fraction of sp³-hybridized carbons (Fsp3) is 0.696. The van der Waals surface area contributed by atoms with E-state index in [1.807, 2.05) is 13.1 Å². The molecule has 1 unspecified atom stereocenters. The van der Waals surface area contributed by atoms with Crippen LogP contribution in [-0.4, -0.2) is 77.9 Å². The molecular formula is C23H42IN5O2. The molecule has 0 amide bonds. The number of likely N-dealkylation sites (N-methyl/N-ethyl adjacent to an activating group) is 1. The van der Waals surface area contributed by atoms with Gasteiger partial charge in [0.15, 0.2) is 5.96 Å². The number of ether oxygens (including phenoxy) is 2. The second-order valence-corrected chi connectivity index (χ2v) is 8.68. The molecular weight excluding hydrogens is 505 g/mol. The van der Waals surface area contributed by atoms with E-state index in [0.717, 1.165) is 55.6 Å². The Morgan fingerprint density at radius 2 is 1.71 bits per heavy atom. The van der Waals surface area contributed by atoms with E-state index in [9.17, 15) is 0 Å². The minimum absolute atomic E-state index is 0. The van der Waals surface area contributed by atoms with Crippen molar-refractivity contribution in [2.24, 2.45) is 10.9 Å². The summed E-state index contributed by atoms with van der Waals surface area (Å²) in [7, 11) is 9.52. The Morgan fingerprint density at radius 3 is 2.16 bits per heavy atom. The third-order valence-electron chi connectivity index (χ3n) is 5.74. The molecule has 178 valence electrons. The summed E-state index contributed by atoms with van der Waals surface area (Å²) in [5.74, 6) is 3.22. The third kappa shape index (κ3) is 8.92. The molecule has 0 aromatic heterocycles. The largest absolute Gasteiger partial charge is 0.497 e. The van der Waals surface area contributed by atoms with Gasteiger partial charge in [-0.05, 0) is 39.3 Å². The second-order valence-electron chi connectivity index (χ2n) is 8.68. The molecule has 1 fully saturated rings. The maximum atomic E-state index is 5.42. The average molecular weight is 548 g/mol. The first-order valence-corrected chi connectivity index (χ1v) is 11.0. The number of piperidine rings is 1. The predicted molar refractivity (Wildman–Crippen MR) is 142 cm³/mol. The van der Waals surface area contributed by atoms with Crippen molar-refractivity contribution in [3.05, 3.63) is 18.2 Å². The van der Waals surface area contributed by atoms with Crippen molar-refractivity contribution in [3.63, 3.8) is 0 Å². The van der Waals surface area contributed by atoms with Crippen LogP contribution in [0.1, 0.15) is 33.1 Å². The van der Waals surface area contributed by atoms with Crippen molar-refractivity contribution in [2.75, 3.05) is 59.9 Å². The van der Waals surface area contributed by atoms with Crippen molar-refractivity contribution in [1.82, 2.24) is 15.5 Å². The van der Waals surface area contributed by atoms with Gasteiger partial charge in [0.1, 0.15) is 11.5 Å². The van der Waals surface area contributed by atoms with Gasteiger partial charge in [0.25, 0.3) is 0 Å². The lowest BCUT2D eigenvalue weighted by Crippen LogP contribution is -2.51. The molecule has 31 heavy (non-hydrogen) atoms. The number of hydrogen-bond acceptors (Lipinski definition) is 5. The summed E-state index contributed by atoms with van der Waals surface area (Å²) in [4.78, 5) is 9.13. The standard InChI is InChI=1S/C23H41N5O2.HI/c1-17(2)12-20(27(4)5)16-25-23(24-3)26-18-8-10-28(11-9-18)19-13-21(29-6)15-22(14-19)30-7;/h13-15,17-18,20H,8-12,16H2,1-7H3,(H2,24,25,26);1H. The molecule has 1 aromatic carbocycles. The van der Waals surface area contributed by atoms with Gasteiger partial charge >= 0.3 is 0 Å². The molecule has 0 bridgehead atoms. The van der Waals surface area contributed by atoms with Crippen molar-refractivity contribution in [1.29, 1.82) is 0 Å². The van der Waals surface area contributed by atoms with E-state index in [2.05, 4.69) is 65.5 Å². The third-order valence-corrected chi connectivity index (χ3v) is 5.74. The highest BCUT2D eigenvalue weighted by atomic mass is 127. The van der Waals surface area contributed by atoms with Gasteiger partial charge in [0, 0.05) is 62.7 Å². The number of nitrogens with zero attached hydrogens (tertiary/aromatic N) is 3. The summed E-state index contributed by atoms with van der Waals surface area (Å²) in [6, 6.07) is 6.98. The molecule has 1 aliphatic rings. The van der Waals surface area contributed by atoms with Gasteiger partial charge in [-0.3, -0.25) is 4.99 Å². The minimum atomic E-state index is 0. The van der Waals surface area contributed by atoms with Gasteiger partial charge in [-0.15, -0.1) is 24.0 Å². The van der Waals surface area contributed by atoms with E-state index in [4.69, 9.17) is 9.47 Å². The van der Waals surface area contributed by atoms with Crippen LogP contribution < -0.4 is 25.0 Å². The van der Waals surface area contributed by atoms with Gasteiger partial charge in [-0.25, -0.2) is 0 Å². The van der Waals surface area contributed by atoms with Crippen molar-refractivity contribution in [3.8, 4) is 11.5 Å². The summed E-state index contributed by atoms with van der Waals surface area (Å²) in [6.07, 6.45) is 3.28. The number of guanidine groups is 1. The minimum Gasteiger partial charge on any atom is -0.497 e. The van der Waals surface area contributed by atoms with Crippen molar-refractivity contribution < 1.29 is 9.47 Å². The van der Waals surface area contributed by atoms with Gasteiger partial charge in [-0.1, -0.05) is 13.8 Å². The maximum Gasteiger partial charge on any atom is 0.191 e. The maximum absolute atomic E-state index is 5.42. The van der Waals surface area contributed by atoms with Gasteiger partial charge in [0.05, 0.1) is 14.2 Å². The second kappa shape index (κ2) is 13.9. The molecule has 1 aliphatic heterocycles. The van der Waals surface area contributed by atoms with Crippen LogP contribution in [0.3, 0.4) is 0 Å². The van der Waals surface area contributed by atoms with Crippen LogP contribution in [0.25, 0.3) is 0 Å². The quantitative estimate of drug-likeness (QED) is 0.281. The summed E-state index contributed by atoms with van der Waals surface area (Å²) < 4.78 is 10.8. The van der Waals surface area contributed by atoms with E-state index in [1.165, 1.54) is 6.42 Å². The first-order chi connectivity index (χ1) is 14.4. The molecule has 7 nitrogen and oxygen atoms in total. The fourth-order valence-electron chi connectivity index (χ4n) is 3.88. The summed E-state index contributed by atoms with van der Waals surface area (Å²) >= 11 is 0. The summed E-state index contributed by atoms with van der Waals surface area (Å²) in [6.45, 7) is 7.41. The molecule has 0 spiro atoms. The van der Waals surface area contributed by atoms with Crippen LogP contribution >= 0.6 is 24.0 Å². The smallest absolute Gasteiger partial charge is 0.191 e. The molecule has 1 heterocycles. The Labute approximate surface area is 206 Å². The number of nitrogens with one attached hydrogen (secondary N) is 2. The molecule has 0 radical (unpaired) electrons. The molecule has 0 saturated carbocycles. The normalized spacial score (nSPS) is 16.2. The molecule has 2 N–H and O–H groups in total. The molecule has 1 atom stereocenters. The lowest BCUT2D eigenvalue weighted by atomic mass is 10.0. The van der Waals surface area contributed by atoms with E-state index in [0.29, 0.717) is 18.0 Å². The lowest BCUT2D eigenvalue weighted by molar-refractivity contribution is 0.254. The zero-order valence-electron chi connectivity index (χ0n) is 20.3. The monoisotopic (exact) mass is 547 g/mol. The molecule has 8 heteroatoms. The van der Waals surface area contributed by atoms with E-state index in [-0.39, 0.29) is 24.0 Å². The number of halogens is 1.